The van der Waals surface area contributed by atoms with E-state index in [-0.39, 0.29) is 20.7 Å². The quantitative estimate of drug-likeness (QED) is 0.432. The van der Waals surface area contributed by atoms with E-state index in [9.17, 15) is 8.42 Å². The normalized spacial score (nSPS) is 11.7. The molecule has 3 aromatic carbocycles. The number of aryl methyl sites for hydroxylation is 1. The van der Waals surface area contributed by atoms with Crippen LogP contribution in [0, 0.1) is 6.92 Å². The van der Waals surface area contributed by atoms with Crippen molar-refractivity contribution in [1.82, 2.24) is 15.0 Å². The molecule has 0 spiro atoms. The van der Waals surface area contributed by atoms with Gasteiger partial charge in [-0.15, -0.1) is 15.0 Å². The van der Waals surface area contributed by atoms with Crippen LogP contribution in [0.4, 0.5) is 0 Å². The molecule has 6 nitrogen and oxygen atoms in total. The van der Waals surface area contributed by atoms with E-state index in [0.29, 0.717) is 16.7 Å². The number of rotatable bonds is 4. The first-order chi connectivity index (χ1) is 13.3. The maximum Gasteiger partial charge on any atom is 0.340 e. The van der Waals surface area contributed by atoms with Crippen LogP contribution in [-0.4, -0.2) is 23.4 Å². The number of nitrogens with zero attached hydrogens (tertiary/aromatic N) is 3. The highest BCUT2D eigenvalue weighted by Gasteiger charge is 2.23. The summed E-state index contributed by atoms with van der Waals surface area (Å²) < 4.78 is 31.0. The highest BCUT2D eigenvalue weighted by molar-refractivity contribution is 7.87. The zero-order valence-electron chi connectivity index (χ0n) is 14.5. The van der Waals surface area contributed by atoms with Crippen LogP contribution in [0.3, 0.4) is 0 Å². The molecule has 0 radical (unpaired) electrons. The van der Waals surface area contributed by atoms with Gasteiger partial charge in [0.25, 0.3) is 0 Å². The maximum atomic E-state index is 12.8. The molecule has 0 amide bonds. The highest BCUT2D eigenvalue weighted by Crippen LogP contribution is 2.31. The van der Waals surface area contributed by atoms with Crippen molar-refractivity contribution < 1.29 is 12.6 Å². The Bertz CT molecular complexity index is 1270. The Kier molecular flexibility index (Phi) is 4.74. The molecule has 0 saturated heterocycles. The Hall–Kier alpha value is -2.61. The van der Waals surface area contributed by atoms with E-state index in [1.165, 1.54) is 23.0 Å². The van der Waals surface area contributed by atoms with Crippen molar-refractivity contribution in [2.45, 2.75) is 11.8 Å². The Balaban J connectivity index is 1.81. The van der Waals surface area contributed by atoms with Crippen LogP contribution in [0.1, 0.15) is 5.56 Å². The molecular formula is C19H13Cl2N3O3S. The smallest absolute Gasteiger partial charge is 0.340 e. The number of benzene rings is 3. The summed E-state index contributed by atoms with van der Waals surface area (Å²) in [6, 6.07) is 16.5. The summed E-state index contributed by atoms with van der Waals surface area (Å²) in [6.45, 7) is 1.87. The molecule has 0 aliphatic heterocycles. The molecule has 0 bridgehead atoms. The lowest BCUT2D eigenvalue weighted by atomic mass is 10.2. The Morgan fingerprint density at radius 1 is 0.929 bits per heavy atom. The fourth-order valence-corrected chi connectivity index (χ4v) is 4.34. The molecular weight excluding hydrogens is 421 g/mol. The van der Waals surface area contributed by atoms with E-state index in [2.05, 4.69) is 10.2 Å². The molecule has 9 heteroatoms. The van der Waals surface area contributed by atoms with Gasteiger partial charge in [0.1, 0.15) is 21.6 Å². The minimum atomic E-state index is -4.23. The van der Waals surface area contributed by atoms with Gasteiger partial charge in [-0.2, -0.15) is 8.42 Å². The molecule has 4 rings (SSSR count). The zero-order valence-corrected chi connectivity index (χ0v) is 16.8. The first-order valence-corrected chi connectivity index (χ1v) is 10.3. The summed E-state index contributed by atoms with van der Waals surface area (Å²) in [5.41, 5.74) is 2.63. The lowest BCUT2D eigenvalue weighted by Gasteiger charge is -2.12. The van der Waals surface area contributed by atoms with E-state index in [4.69, 9.17) is 27.4 Å². The van der Waals surface area contributed by atoms with Crippen molar-refractivity contribution >= 4 is 44.4 Å². The maximum absolute atomic E-state index is 12.8. The second-order valence-electron chi connectivity index (χ2n) is 6.06. The number of fused-ring (bicyclic) bond motifs is 1. The van der Waals surface area contributed by atoms with E-state index in [1.54, 1.807) is 18.2 Å². The third-order valence-electron chi connectivity index (χ3n) is 3.98. The Labute approximate surface area is 171 Å². The Morgan fingerprint density at radius 2 is 1.61 bits per heavy atom. The predicted molar refractivity (Wildman–Crippen MR) is 108 cm³/mol. The van der Waals surface area contributed by atoms with Gasteiger partial charge in [0, 0.05) is 5.02 Å². The molecule has 0 fully saturated rings. The molecule has 1 heterocycles. The third-order valence-corrected chi connectivity index (χ3v) is 5.93. The second kappa shape index (κ2) is 7.09. The molecule has 4 aromatic rings. The summed E-state index contributed by atoms with van der Waals surface area (Å²) in [6.07, 6.45) is 0. The molecule has 0 aliphatic rings. The predicted octanol–water partition coefficient (Wildman–Crippen LogP) is 4.80. The van der Waals surface area contributed by atoms with Gasteiger partial charge in [0.2, 0.25) is 0 Å². The standard InChI is InChI=1S/C19H13Cl2N3O3S/c1-12-6-9-18(27-28(25,26)19-11-13(20)7-8-14(19)21)17(10-12)24-22-15-4-2-3-5-16(15)23-24/h2-11H,1H3. The van der Waals surface area contributed by atoms with E-state index in [0.717, 1.165) is 5.56 Å². The number of aromatic nitrogens is 3. The summed E-state index contributed by atoms with van der Waals surface area (Å²) in [5.74, 6) is 0.0712. The van der Waals surface area contributed by atoms with Crippen LogP contribution < -0.4 is 4.18 Å². The molecule has 0 atom stereocenters. The molecule has 0 N–H and O–H groups in total. The topological polar surface area (TPSA) is 74.1 Å². The van der Waals surface area contributed by atoms with Crippen LogP contribution >= 0.6 is 23.2 Å². The first kappa shape index (κ1) is 18.7. The van der Waals surface area contributed by atoms with E-state index in [1.807, 2.05) is 31.2 Å². The van der Waals surface area contributed by atoms with E-state index >= 15 is 0 Å². The van der Waals surface area contributed by atoms with Crippen molar-refractivity contribution in [3.05, 3.63) is 76.3 Å². The van der Waals surface area contributed by atoms with Crippen LogP contribution in [0.25, 0.3) is 16.7 Å². The average molecular weight is 434 g/mol. The Morgan fingerprint density at radius 3 is 2.29 bits per heavy atom. The largest absolute Gasteiger partial charge is 0.377 e. The number of hydrogen-bond donors (Lipinski definition) is 0. The van der Waals surface area contributed by atoms with Gasteiger partial charge < -0.3 is 4.18 Å². The van der Waals surface area contributed by atoms with Crippen LogP contribution in [-0.2, 0) is 10.1 Å². The van der Waals surface area contributed by atoms with Crippen LogP contribution in [0.5, 0.6) is 5.75 Å². The van der Waals surface area contributed by atoms with Crippen molar-refractivity contribution in [2.24, 2.45) is 0 Å². The van der Waals surface area contributed by atoms with Gasteiger partial charge in [0.05, 0.1) is 5.02 Å². The van der Waals surface area contributed by atoms with Crippen molar-refractivity contribution in [3.8, 4) is 11.4 Å². The molecule has 0 aliphatic carbocycles. The van der Waals surface area contributed by atoms with Crippen LogP contribution in [0.2, 0.25) is 10.0 Å². The van der Waals surface area contributed by atoms with Gasteiger partial charge >= 0.3 is 10.1 Å². The fraction of sp³-hybridized carbons (Fsp3) is 0.0526. The highest BCUT2D eigenvalue weighted by atomic mass is 35.5. The van der Waals surface area contributed by atoms with Crippen molar-refractivity contribution in [2.75, 3.05) is 0 Å². The second-order valence-corrected chi connectivity index (χ2v) is 8.42. The third kappa shape index (κ3) is 3.56. The number of hydrogen-bond acceptors (Lipinski definition) is 5. The first-order valence-electron chi connectivity index (χ1n) is 8.16. The molecule has 1 aromatic heterocycles. The van der Waals surface area contributed by atoms with E-state index < -0.39 is 10.1 Å². The van der Waals surface area contributed by atoms with Crippen LogP contribution in [0.15, 0.2) is 65.6 Å². The monoisotopic (exact) mass is 433 g/mol. The summed E-state index contributed by atoms with van der Waals surface area (Å²) in [7, 11) is -4.23. The average Bonchev–Trinajstić information content (AvgIpc) is 3.09. The molecule has 28 heavy (non-hydrogen) atoms. The van der Waals surface area contributed by atoms with Crippen molar-refractivity contribution in [1.29, 1.82) is 0 Å². The number of halogens is 2. The molecule has 0 saturated carbocycles. The molecule has 0 unspecified atom stereocenters. The van der Waals surface area contributed by atoms with Gasteiger partial charge in [-0.1, -0.05) is 41.4 Å². The van der Waals surface area contributed by atoms with Gasteiger partial charge in [-0.05, 0) is 55.0 Å². The van der Waals surface area contributed by atoms with Gasteiger partial charge in [-0.3, -0.25) is 0 Å². The zero-order chi connectivity index (χ0) is 19.9. The minimum absolute atomic E-state index is 0.0148. The summed E-state index contributed by atoms with van der Waals surface area (Å²) in [5, 5.41) is 9.05. The van der Waals surface area contributed by atoms with Gasteiger partial charge in [0.15, 0.2) is 5.75 Å². The fourth-order valence-electron chi connectivity index (χ4n) is 2.65. The lowest BCUT2D eigenvalue weighted by Crippen LogP contribution is -2.13. The van der Waals surface area contributed by atoms with Gasteiger partial charge in [-0.25, -0.2) is 0 Å². The minimum Gasteiger partial charge on any atom is -0.377 e. The SMILES string of the molecule is Cc1ccc(OS(=O)(=O)c2cc(Cl)ccc2Cl)c(-n2nc3ccccc3n2)c1. The van der Waals surface area contributed by atoms with Crippen molar-refractivity contribution in [3.63, 3.8) is 0 Å². The molecule has 142 valence electrons. The lowest BCUT2D eigenvalue weighted by molar-refractivity contribution is 0.482. The summed E-state index contributed by atoms with van der Waals surface area (Å²) >= 11 is 12.0. The summed E-state index contributed by atoms with van der Waals surface area (Å²) in [4.78, 5) is 1.13.